The Hall–Kier alpha value is -0.810. The molecule has 1 nitrogen and oxygen atoms in total. The van der Waals surface area contributed by atoms with Gasteiger partial charge in [0.15, 0.2) is 0 Å². The first-order valence-corrected chi connectivity index (χ1v) is 6.43. The average molecular weight is 363 g/mol. The molecule has 0 aliphatic rings. The number of ether oxygens (including phenoxy) is 1. The molecule has 0 radical (unpaired) electrons. The molecular formula is C13H9ClFIO. The number of benzene rings is 2. The van der Waals surface area contributed by atoms with Crippen LogP contribution in [0.5, 0.6) is 5.75 Å². The van der Waals surface area contributed by atoms with Crippen LogP contribution in [-0.2, 0) is 6.61 Å². The van der Waals surface area contributed by atoms with Gasteiger partial charge in [0.05, 0.1) is 0 Å². The third-order valence-electron chi connectivity index (χ3n) is 2.22. The van der Waals surface area contributed by atoms with Crippen LogP contribution in [-0.4, -0.2) is 0 Å². The highest BCUT2D eigenvalue weighted by atomic mass is 127. The van der Waals surface area contributed by atoms with Crippen LogP contribution in [0.4, 0.5) is 4.39 Å². The molecule has 0 aromatic heterocycles. The number of halogens is 3. The first-order valence-electron chi connectivity index (χ1n) is 4.97. The van der Waals surface area contributed by atoms with Gasteiger partial charge in [0, 0.05) is 14.2 Å². The number of hydrogen-bond acceptors (Lipinski definition) is 1. The van der Waals surface area contributed by atoms with Gasteiger partial charge in [-0.1, -0.05) is 11.6 Å². The Morgan fingerprint density at radius 1 is 1.12 bits per heavy atom. The van der Waals surface area contributed by atoms with Crippen LogP contribution in [0.1, 0.15) is 5.56 Å². The molecule has 4 heteroatoms. The zero-order valence-electron chi connectivity index (χ0n) is 8.79. The second kappa shape index (κ2) is 5.69. The van der Waals surface area contributed by atoms with E-state index in [1.54, 1.807) is 0 Å². The number of hydrogen-bond donors (Lipinski definition) is 0. The van der Waals surface area contributed by atoms with Crippen LogP contribution in [0.25, 0.3) is 0 Å². The molecule has 88 valence electrons. The van der Waals surface area contributed by atoms with Crippen molar-refractivity contribution in [3.63, 3.8) is 0 Å². The van der Waals surface area contributed by atoms with Crippen LogP contribution in [0.3, 0.4) is 0 Å². The lowest BCUT2D eigenvalue weighted by Gasteiger charge is -2.07. The molecule has 0 saturated heterocycles. The largest absolute Gasteiger partial charge is 0.489 e. The summed E-state index contributed by atoms with van der Waals surface area (Å²) in [5, 5.41) is 0.511. The van der Waals surface area contributed by atoms with Crippen molar-refractivity contribution in [1.29, 1.82) is 0 Å². The van der Waals surface area contributed by atoms with Gasteiger partial charge >= 0.3 is 0 Å². The average Bonchev–Trinajstić information content (AvgIpc) is 2.32. The van der Waals surface area contributed by atoms with Crippen molar-refractivity contribution < 1.29 is 9.13 Å². The molecule has 0 aliphatic heterocycles. The molecule has 0 unspecified atom stereocenters. The van der Waals surface area contributed by atoms with Crippen molar-refractivity contribution in [3.05, 3.63) is 62.4 Å². The number of rotatable bonds is 3. The predicted molar refractivity (Wildman–Crippen MR) is 74.9 cm³/mol. The van der Waals surface area contributed by atoms with Crippen LogP contribution in [0, 0.1) is 9.39 Å². The quantitative estimate of drug-likeness (QED) is 0.722. The van der Waals surface area contributed by atoms with Gasteiger partial charge in [-0.05, 0) is 65.1 Å². The molecule has 0 saturated carbocycles. The predicted octanol–water partition coefficient (Wildman–Crippen LogP) is 4.66. The van der Waals surface area contributed by atoms with Crippen molar-refractivity contribution >= 4 is 34.2 Å². The molecule has 0 aliphatic carbocycles. The van der Waals surface area contributed by atoms with Crippen molar-refractivity contribution in [2.45, 2.75) is 6.61 Å². The van der Waals surface area contributed by atoms with Crippen LogP contribution < -0.4 is 4.74 Å². The Labute approximate surface area is 118 Å². The van der Waals surface area contributed by atoms with Crippen molar-refractivity contribution in [1.82, 2.24) is 0 Å². The van der Waals surface area contributed by atoms with E-state index in [0.717, 1.165) is 9.32 Å². The summed E-state index contributed by atoms with van der Waals surface area (Å²) in [6.07, 6.45) is 0. The summed E-state index contributed by atoms with van der Waals surface area (Å²) in [4.78, 5) is 0. The van der Waals surface area contributed by atoms with Gasteiger partial charge in [0.25, 0.3) is 0 Å². The van der Waals surface area contributed by atoms with Crippen LogP contribution in [0.2, 0.25) is 5.02 Å². The lowest BCUT2D eigenvalue weighted by atomic mass is 10.2. The topological polar surface area (TPSA) is 9.23 Å². The van der Waals surface area contributed by atoms with Crippen molar-refractivity contribution in [3.8, 4) is 5.75 Å². The first kappa shape index (κ1) is 12.6. The highest BCUT2D eigenvalue weighted by Gasteiger charge is 2.03. The van der Waals surface area contributed by atoms with Gasteiger partial charge < -0.3 is 4.74 Å². The van der Waals surface area contributed by atoms with Gasteiger partial charge in [-0.15, -0.1) is 0 Å². The van der Waals surface area contributed by atoms with E-state index in [9.17, 15) is 4.39 Å². The summed E-state index contributed by atoms with van der Waals surface area (Å²) in [7, 11) is 0. The Bertz CT molecular complexity index is 513. The minimum Gasteiger partial charge on any atom is -0.489 e. The molecule has 0 heterocycles. The van der Waals surface area contributed by atoms with Crippen LogP contribution in [0.15, 0.2) is 42.5 Å². The Kier molecular flexibility index (Phi) is 4.23. The zero-order valence-corrected chi connectivity index (χ0v) is 11.7. The van der Waals surface area contributed by atoms with E-state index in [-0.39, 0.29) is 12.4 Å². The summed E-state index contributed by atoms with van der Waals surface area (Å²) >= 11 is 8.16. The summed E-state index contributed by atoms with van der Waals surface area (Å²) in [5.74, 6) is 0.432. The van der Waals surface area contributed by atoms with Crippen LogP contribution >= 0.6 is 34.2 Å². The fourth-order valence-electron chi connectivity index (χ4n) is 1.35. The molecule has 0 spiro atoms. The molecule has 2 aromatic carbocycles. The van der Waals surface area contributed by atoms with E-state index in [0.29, 0.717) is 10.6 Å². The fourth-order valence-corrected chi connectivity index (χ4v) is 1.88. The molecule has 0 fully saturated rings. The third-order valence-corrected chi connectivity index (χ3v) is 3.30. The highest BCUT2D eigenvalue weighted by molar-refractivity contribution is 14.1. The maximum absolute atomic E-state index is 13.0. The minimum absolute atomic E-state index is 0.261. The second-order valence-corrected chi connectivity index (χ2v) is 5.13. The second-order valence-electron chi connectivity index (χ2n) is 3.48. The molecule has 0 N–H and O–H groups in total. The zero-order chi connectivity index (χ0) is 12.3. The first-order chi connectivity index (χ1) is 8.15. The molecule has 0 bridgehead atoms. The van der Waals surface area contributed by atoms with Gasteiger partial charge in [0.1, 0.15) is 18.2 Å². The fraction of sp³-hybridized carbons (Fsp3) is 0.0769. The van der Waals surface area contributed by atoms with Gasteiger partial charge in [-0.3, -0.25) is 0 Å². The van der Waals surface area contributed by atoms with Gasteiger partial charge in [-0.25, -0.2) is 4.39 Å². The Morgan fingerprint density at radius 2 is 1.82 bits per heavy atom. The summed E-state index contributed by atoms with van der Waals surface area (Å²) in [6.45, 7) is 0.261. The van der Waals surface area contributed by atoms with Crippen molar-refractivity contribution in [2.24, 2.45) is 0 Å². The van der Waals surface area contributed by atoms with Gasteiger partial charge in [0.2, 0.25) is 0 Å². The Balaban J connectivity index is 2.07. The minimum atomic E-state index is -0.310. The van der Waals surface area contributed by atoms with Gasteiger partial charge in [-0.2, -0.15) is 0 Å². The van der Waals surface area contributed by atoms with E-state index >= 15 is 0 Å². The highest BCUT2D eigenvalue weighted by Crippen LogP contribution is 2.20. The smallest absolute Gasteiger partial charge is 0.123 e. The molecular weight excluding hydrogens is 353 g/mol. The maximum Gasteiger partial charge on any atom is 0.123 e. The maximum atomic E-state index is 13.0. The molecule has 2 aromatic rings. The van der Waals surface area contributed by atoms with E-state index in [2.05, 4.69) is 22.6 Å². The monoisotopic (exact) mass is 362 g/mol. The molecule has 0 amide bonds. The molecule has 2 rings (SSSR count). The molecule has 0 atom stereocenters. The summed E-state index contributed by atoms with van der Waals surface area (Å²) in [6, 6.07) is 11.9. The van der Waals surface area contributed by atoms with E-state index in [1.165, 1.54) is 18.2 Å². The van der Waals surface area contributed by atoms with Crippen molar-refractivity contribution in [2.75, 3.05) is 0 Å². The molecule has 17 heavy (non-hydrogen) atoms. The summed E-state index contributed by atoms with van der Waals surface area (Å²) in [5.41, 5.74) is 0.644. The standard InChI is InChI=1S/C13H9ClFIO/c14-13-6-1-10(15)7-9(13)8-17-12-4-2-11(16)3-5-12/h1-7H,8H2. The summed E-state index contributed by atoms with van der Waals surface area (Å²) < 4.78 is 19.7. The lowest BCUT2D eigenvalue weighted by molar-refractivity contribution is 0.305. The SMILES string of the molecule is Fc1ccc(Cl)c(COc2ccc(I)cc2)c1. The normalized spacial score (nSPS) is 10.3. The third kappa shape index (κ3) is 3.57. The van der Waals surface area contributed by atoms with E-state index in [1.807, 2.05) is 24.3 Å². The Morgan fingerprint density at radius 3 is 2.53 bits per heavy atom. The lowest BCUT2D eigenvalue weighted by Crippen LogP contribution is -1.97. The van der Waals surface area contributed by atoms with E-state index < -0.39 is 0 Å². The van der Waals surface area contributed by atoms with E-state index in [4.69, 9.17) is 16.3 Å².